The second kappa shape index (κ2) is 8.01. The van der Waals surface area contributed by atoms with Gasteiger partial charge in [0.2, 0.25) is 0 Å². The third-order valence-corrected chi connectivity index (χ3v) is 17.4. The molecular weight excluding hydrogens is 483 g/mol. The van der Waals surface area contributed by atoms with Gasteiger partial charge in [-0.2, -0.15) is 0 Å². The molecule has 0 unspecified atom stereocenters. The van der Waals surface area contributed by atoms with Crippen molar-refractivity contribution in [2.75, 3.05) is 0 Å². The molecule has 0 fully saturated rings. The molecule has 0 atom stereocenters. The van der Waals surface area contributed by atoms with E-state index >= 15 is 0 Å². The van der Waals surface area contributed by atoms with Gasteiger partial charge in [0.25, 0.3) is 0 Å². The molecule has 0 nitrogen and oxygen atoms in total. The van der Waals surface area contributed by atoms with Gasteiger partial charge in [-0.25, -0.2) is 0 Å². The van der Waals surface area contributed by atoms with Crippen LogP contribution in [-0.2, 0) is 26.9 Å². The van der Waals surface area contributed by atoms with Crippen molar-refractivity contribution >= 4 is 40.2 Å². The first kappa shape index (κ1) is 23.5. The number of hydrogen-bond donors (Lipinski definition) is 0. The van der Waals surface area contributed by atoms with Crippen molar-refractivity contribution in [3.63, 3.8) is 0 Å². The monoisotopic (exact) mass is 510 g/mol. The van der Waals surface area contributed by atoms with E-state index in [1.807, 2.05) is 0 Å². The van der Waals surface area contributed by atoms with Crippen LogP contribution in [0.4, 0.5) is 0 Å². The first-order valence-corrected chi connectivity index (χ1v) is 19.6. The van der Waals surface area contributed by atoms with Gasteiger partial charge in [0.15, 0.2) is 0 Å². The molecule has 0 saturated heterocycles. The van der Waals surface area contributed by atoms with Crippen LogP contribution in [-0.4, -0.2) is 7.63 Å². The molecule has 2 aliphatic carbocycles. The van der Waals surface area contributed by atoms with Crippen LogP contribution in [0.1, 0.15) is 22.3 Å². The molecule has 0 spiro atoms. The van der Waals surface area contributed by atoms with Crippen LogP contribution < -0.4 is 7.74 Å². The Labute approximate surface area is 205 Å². The molecule has 4 heteroatoms. The van der Waals surface area contributed by atoms with E-state index in [1.165, 1.54) is 33.4 Å². The van der Waals surface area contributed by atoms with E-state index in [2.05, 4.69) is 103 Å². The van der Waals surface area contributed by atoms with Crippen LogP contribution in [0.5, 0.6) is 0 Å². The molecule has 0 heterocycles. The molecule has 162 valence electrons. The number of benzene rings is 4. The molecule has 6 rings (SSSR count). The molecule has 0 amide bonds. The number of halogens is 2. The summed E-state index contributed by atoms with van der Waals surface area (Å²) in [4.78, 5) is 0. The van der Waals surface area contributed by atoms with Crippen molar-refractivity contribution in [2.24, 2.45) is 0 Å². The standard InChI is InChI=1S/2C13H9.2CH3.2ClH.H2Si.Ti/c2*1-3-7-12-10(5-1)9-11-6-2-4-8-13(11)12;;;;;;/h2*1-5,7-8H,9H2;2*1H3;2*1H;1H2;. The Bertz CT molecular complexity index is 1330. The van der Waals surface area contributed by atoms with Crippen molar-refractivity contribution < 1.29 is 14.0 Å². The number of fused-ring (bicyclic) bond motifs is 6. The van der Waals surface area contributed by atoms with Crippen LogP contribution >= 0.6 is 24.8 Å². The minimum atomic E-state index is -3.18. The predicted octanol–water partition coefficient (Wildman–Crippen LogP) is 5.96. The summed E-state index contributed by atoms with van der Waals surface area (Å²) in [7, 11) is 2.34. The summed E-state index contributed by atoms with van der Waals surface area (Å²) in [6, 6.07) is 32.1. The number of hydrogen-bond acceptors (Lipinski definition) is 0. The van der Waals surface area contributed by atoms with Crippen molar-refractivity contribution in [1.29, 1.82) is 0 Å². The van der Waals surface area contributed by atoms with E-state index < -0.39 is 14.0 Å². The van der Waals surface area contributed by atoms with Gasteiger partial charge in [0, 0.05) is 0 Å². The normalized spacial score (nSPS) is 13.2. The molecule has 0 aromatic heterocycles. The summed E-state index contributed by atoms with van der Waals surface area (Å²) in [5.41, 5.74) is 11.9. The van der Waals surface area contributed by atoms with Crippen LogP contribution in [0.3, 0.4) is 0 Å². The Balaban J connectivity index is 0.00000122. The molecular formula is C28H28Cl2SiTi. The summed E-state index contributed by atoms with van der Waals surface area (Å²) in [5.74, 6) is 0. The van der Waals surface area contributed by atoms with Crippen molar-refractivity contribution in [2.45, 2.75) is 23.3 Å². The van der Waals surface area contributed by atoms with E-state index in [1.54, 1.807) is 18.9 Å². The third-order valence-electron chi connectivity index (χ3n) is 7.43. The molecule has 0 aliphatic heterocycles. The van der Waals surface area contributed by atoms with Crippen molar-refractivity contribution in [3.05, 3.63) is 107 Å². The van der Waals surface area contributed by atoms with Gasteiger partial charge in [-0.3, -0.25) is 0 Å². The van der Waals surface area contributed by atoms with Gasteiger partial charge in [0.05, 0.1) is 0 Å². The quantitative estimate of drug-likeness (QED) is 0.252. The fourth-order valence-electron chi connectivity index (χ4n) is 5.96. The van der Waals surface area contributed by atoms with Gasteiger partial charge in [0.1, 0.15) is 0 Å². The average molecular weight is 511 g/mol. The van der Waals surface area contributed by atoms with Gasteiger partial charge >= 0.3 is 182 Å². The summed E-state index contributed by atoms with van der Waals surface area (Å²) < 4.78 is 3.31. The second-order valence-corrected chi connectivity index (χ2v) is 28.8. The Morgan fingerprint density at radius 2 is 0.906 bits per heavy atom. The maximum absolute atomic E-state index is 3.18. The van der Waals surface area contributed by atoms with Crippen molar-refractivity contribution in [3.8, 4) is 22.3 Å². The second-order valence-electron chi connectivity index (χ2n) is 10.0. The average Bonchev–Trinajstić information content (AvgIpc) is 3.31. The van der Waals surface area contributed by atoms with Crippen LogP contribution in [0.2, 0.25) is 10.5 Å². The predicted molar refractivity (Wildman–Crippen MR) is 143 cm³/mol. The van der Waals surface area contributed by atoms with Gasteiger partial charge in [-0.15, -0.1) is 24.8 Å². The minimum absolute atomic E-state index is 0. The number of rotatable bonds is 2. The summed E-state index contributed by atoms with van der Waals surface area (Å²) in [6.07, 6.45) is 2.16. The molecule has 0 bridgehead atoms. The fourth-order valence-corrected chi connectivity index (χ4v) is 14.8. The Kier molecular flexibility index (Phi) is 5.89. The fraction of sp³-hybridized carbons (Fsp3) is 0.143. The molecule has 4 aromatic rings. The summed E-state index contributed by atoms with van der Waals surface area (Å²) in [6.45, 7) is 0. The Morgan fingerprint density at radius 1 is 0.531 bits per heavy atom. The molecule has 2 aliphatic rings. The van der Waals surface area contributed by atoms with Crippen molar-refractivity contribution in [1.82, 2.24) is 0 Å². The van der Waals surface area contributed by atoms with Crippen LogP contribution in [0.15, 0.2) is 84.9 Å². The molecule has 0 N–H and O–H groups in total. The van der Waals surface area contributed by atoms with Crippen LogP contribution in [0.25, 0.3) is 22.3 Å². The molecule has 32 heavy (non-hydrogen) atoms. The van der Waals surface area contributed by atoms with Crippen LogP contribution in [0, 0.1) is 0 Å². The summed E-state index contributed by atoms with van der Waals surface area (Å²) >= 11 is -3.18. The van der Waals surface area contributed by atoms with E-state index in [-0.39, 0.29) is 24.8 Å². The van der Waals surface area contributed by atoms with Gasteiger partial charge in [-0.1, -0.05) is 0 Å². The van der Waals surface area contributed by atoms with E-state index in [4.69, 9.17) is 0 Å². The Morgan fingerprint density at radius 3 is 1.34 bits per heavy atom. The first-order valence-electron chi connectivity index (χ1n) is 10.9. The van der Waals surface area contributed by atoms with E-state index in [0.717, 1.165) is 12.8 Å². The first-order chi connectivity index (χ1) is 14.4. The zero-order chi connectivity index (χ0) is 20.5. The summed E-state index contributed by atoms with van der Waals surface area (Å²) in [5, 5.41) is 5.26. The Hall–Kier alpha value is -1.61. The molecule has 0 saturated carbocycles. The van der Waals surface area contributed by atoms with Gasteiger partial charge in [-0.05, 0) is 0 Å². The third kappa shape index (κ3) is 3.30. The van der Waals surface area contributed by atoms with Gasteiger partial charge < -0.3 is 0 Å². The van der Waals surface area contributed by atoms with E-state index in [9.17, 15) is 0 Å². The maximum atomic E-state index is 2.63. The zero-order valence-electron chi connectivity index (χ0n) is 18.5. The SMILES string of the molecule is Cl.Cl.[CH3][Ti]([CH3])(=[SiH2])([c]1cccc2c1Cc1ccccc1-2)[c]1cccc2c1Cc1ccccc1-2. The molecule has 0 radical (unpaired) electrons. The zero-order valence-corrected chi connectivity index (χ0v) is 23.1. The van der Waals surface area contributed by atoms with E-state index in [0.29, 0.717) is 0 Å². The molecule has 4 aromatic carbocycles. The topological polar surface area (TPSA) is 0 Å².